The van der Waals surface area contributed by atoms with Crippen molar-refractivity contribution in [2.75, 3.05) is 12.8 Å². The number of rotatable bonds is 7. The van der Waals surface area contributed by atoms with Crippen LogP contribution in [-0.2, 0) is 10.5 Å². The van der Waals surface area contributed by atoms with Crippen molar-refractivity contribution in [3.05, 3.63) is 34.9 Å². The maximum Gasteiger partial charge on any atom is 0.320 e. The summed E-state index contributed by atoms with van der Waals surface area (Å²) < 4.78 is 0. The van der Waals surface area contributed by atoms with Crippen molar-refractivity contribution in [3.63, 3.8) is 0 Å². The first-order valence-corrected chi connectivity index (χ1v) is 6.89. The van der Waals surface area contributed by atoms with E-state index in [-0.39, 0.29) is 0 Å². The van der Waals surface area contributed by atoms with E-state index in [1.165, 1.54) is 0 Å². The van der Waals surface area contributed by atoms with E-state index in [9.17, 15) is 4.79 Å². The molecular weight excluding hydrogens is 258 g/mol. The van der Waals surface area contributed by atoms with Crippen LogP contribution in [0.15, 0.2) is 24.3 Å². The van der Waals surface area contributed by atoms with Crippen LogP contribution in [-0.4, -0.2) is 29.9 Å². The summed E-state index contributed by atoms with van der Waals surface area (Å²) in [4.78, 5) is 10.8. The van der Waals surface area contributed by atoms with Gasteiger partial charge in [-0.3, -0.25) is 4.79 Å². The molecule has 94 valence electrons. The first kappa shape index (κ1) is 14.4. The monoisotopic (exact) mass is 273 g/mol. The van der Waals surface area contributed by atoms with Crippen LogP contribution in [0.3, 0.4) is 0 Å². The Morgan fingerprint density at radius 3 is 2.82 bits per heavy atom. The first-order valence-electron chi connectivity index (χ1n) is 5.36. The van der Waals surface area contributed by atoms with Gasteiger partial charge in [-0.1, -0.05) is 29.8 Å². The number of halogens is 1. The second-order valence-electron chi connectivity index (χ2n) is 3.61. The Morgan fingerprint density at radius 2 is 2.24 bits per heavy atom. The van der Waals surface area contributed by atoms with Gasteiger partial charge in [0.25, 0.3) is 0 Å². The van der Waals surface area contributed by atoms with Crippen LogP contribution in [0.1, 0.15) is 12.0 Å². The Kier molecular flexibility index (Phi) is 6.40. The molecule has 1 atom stereocenters. The average molecular weight is 274 g/mol. The number of hydrogen-bond donors (Lipinski definition) is 2. The maximum atomic E-state index is 10.8. The number of aliphatic carboxylic acids is 1. The van der Waals surface area contributed by atoms with Gasteiger partial charge in [-0.25, -0.2) is 0 Å². The van der Waals surface area contributed by atoms with Crippen molar-refractivity contribution in [1.29, 1.82) is 0 Å². The summed E-state index contributed by atoms with van der Waals surface area (Å²) in [5.74, 6) is 0.810. The number of benzene rings is 1. The van der Waals surface area contributed by atoms with Crippen molar-refractivity contribution in [3.8, 4) is 0 Å². The van der Waals surface area contributed by atoms with Crippen LogP contribution in [0, 0.1) is 0 Å². The second-order valence-corrected chi connectivity index (χ2v) is 5.12. The van der Waals surface area contributed by atoms with E-state index in [0.29, 0.717) is 6.42 Å². The van der Waals surface area contributed by atoms with Crippen LogP contribution in [0.2, 0.25) is 5.02 Å². The molecule has 3 nitrogen and oxygen atoms in total. The molecule has 0 aromatic heterocycles. The van der Waals surface area contributed by atoms with Crippen LogP contribution in [0.5, 0.6) is 0 Å². The highest BCUT2D eigenvalue weighted by Crippen LogP contribution is 2.21. The zero-order chi connectivity index (χ0) is 12.7. The number of carboxylic acids is 1. The minimum absolute atomic E-state index is 0.464. The maximum absolute atomic E-state index is 10.8. The Bertz CT molecular complexity index is 373. The Balaban J connectivity index is 2.29. The van der Waals surface area contributed by atoms with Crippen LogP contribution in [0.25, 0.3) is 0 Å². The van der Waals surface area contributed by atoms with Gasteiger partial charge in [-0.2, -0.15) is 11.8 Å². The fourth-order valence-corrected chi connectivity index (χ4v) is 2.69. The topological polar surface area (TPSA) is 49.3 Å². The lowest BCUT2D eigenvalue weighted by Crippen LogP contribution is -2.34. The minimum Gasteiger partial charge on any atom is -0.480 e. The quantitative estimate of drug-likeness (QED) is 0.750. The van der Waals surface area contributed by atoms with Crippen molar-refractivity contribution >= 4 is 29.3 Å². The molecule has 0 saturated carbocycles. The van der Waals surface area contributed by atoms with Gasteiger partial charge < -0.3 is 10.4 Å². The summed E-state index contributed by atoms with van der Waals surface area (Å²) >= 11 is 7.72. The Morgan fingerprint density at radius 1 is 1.53 bits per heavy atom. The Hall–Kier alpha value is -0.710. The van der Waals surface area contributed by atoms with Gasteiger partial charge in [0.05, 0.1) is 0 Å². The van der Waals surface area contributed by atoms with Gasteiger partial charge >= 0.3 is 5.97 Å². The smallest absolute Gasteiger partial charge is 0.320 e. The Labute approximate surface area is 111 Å². The van der Waals surface area contributed by atoms with Gasteiger partial charge in [0.1, 0.15) is 6.04 Å². The third-order valence-corrected chi connectivity index (χ3v) is 3.82. The van der Waals surface area contributed by atoms with E-state index in [0.717, 1.165) is 22.1 Å². The lowest BCUT2D eigenvalue weighted by Gasteiger charge is -2.10. The van der Waals surface area contributed by atoms with Gasteiger partial charge in [0, 0.05) is 10.8 Å². The first-order chi connectivity index (χ1) is 8.15. The van der Waals surface area contributed by atoms with Crippen LogP contribution < -0.4 is 5.32 Å². The van der Waals surface area contributed by atoms with Crippen molar-refractivity contribution in [2.45, 2.75) is 18.2 Å². The molecule has 1 unspecified atom stereocenters. The van der Waals surface area contributed by atoms with E-state index in [1.807, 2.05) is 24.3 Å². The molecule has 0 heterocycles. The van der Waals surface area contributed by atoms with E-state index in [4.69, 9.17) is 16.7 Å². The summed E-state index contributed by atoms with van der Waals surface area (Å²) in [5.41, 5.74) is 1.09. The van der Waals surface area contributed by atoms with E-state index >= 15 is 0 Å². The molecule has 0 spiro atoms. The summed E-state index contributed by atoms with van der Waals surface area (Å²) in [6, 6.07) is 7.24. The lowest BCUT2D eigenvalue weighted by atomic mass is 10.2. The highest BCUT2D eigenvalue weighted by molar-refractivity contribution is 7.98. The molecule has 1 rings (SSSR count). The van der Waals surface area contributed by atoms with Crippen molar-refractivity contribution < 1.29 is 9.90 Å². The lowest BCUT2D eigenvalue weighted by molar-refractivity contribution is -0.139. The number of carbonyl (C=O) groups is 1. The standard InChI is InChI=1S/C12H16ClNO2S/c1-14-11(12(15)16)6-7-17-8-9-4-2-3-5-10(9)13/h2-5,11,14H,6-8H2,1H3,(H,15,16). The van der Waals surface area contributed by atoms with E-state index < -0.39 is 12.0 Å². The van der Waals surface area contributed by atoms with E-state index in [2.05, 4.69) is 5.32 Å². The van der Waals surface area contributed by atoms with Gasteiger partial charge in [0.2, 0.25) is 0 Å². The molecule has 0 bridgehead atoms. The summed E-state index contributed by atoms with van der Waals surface area (Å²) in [5, 5.41) is 12.4. The average Bonchev–Trinajstić information content (AvgIpc) is 2.31. The predicted octanol–water partition coefficient (Wildman–Crippen LogP) is 2.64. The van der Waals surface area contributed by atoms with Gasteiger partial charge in [0.15, 0.2) is 0 Å². The molecule has 2 N–H and O–H groups in total. The highest BCUT2D eigenvalue weighted by atomic mass is 35.5. The molecule has 0 aliphatic rings. The fraction of sp³-hybridized carbons (Fsp3) is 0.417. The van der Waals surface area contributed by atoms with Crippen LogP contribution >= 0.6 is 23.4 Å². The van der Waals surface area contributed by atoms with E-state index in [1.54, 1.807) is 18.8 Å². The minimum atomic E-state index is -0.800. The third kappa shape index (κ3) is 4.98. The van der Waals surface area contributed by atoms with Crippen molar-refractivity contribution in [1.82, 2.24) is 5.32 Å². The number of nitrogens with one attached hydrogen (secondary N) is 1. The molecule has 0 amide bonds. The third-order valence-electron chi connectivity index (χ3n) is 2.41. The molecule has 0 aliphatic carbocycles. The van der Waals surface area contributed by atoms with Crippen molar-refractivity contribution in [2.24, 2.45) is 0 Å². The molecule has 1 aromatic rings. The largest absolute Gasteiger partial charge is 0.480 e. The molecule has 17 heavy (non-hydrogen) atoms. The van der Waals surface area contributed by atoms with Gasteiger partial charge in [-0.05, 0) is 30.9 Å². The molecule has 0 radical (unpaired) electrons. The fourth-order valence-electron chi connectivity index (χ4n) is 1.39. The molecule has 5 heteroatoms. The number of thioether (sulfide) groups is 1. The zero-order valence-corrected chi connectivity index (χ0v) is 11.2. The van der Waals surface area contributed by atoms with Crippen LogP contribution in [0.4, 0.5) is 0 Å². The molecular formula is C12H16ClNO2S. The van der Waals surface area contributed by atoms with Gasteiger partial charge in [-0.15, -0.1) is 0 Å². The molecule has 1 aromatic carbocycles. The zero-order valence-electron chi connectivity index (χ0n) is 9.65. The normalized spacial score (nSPS) is 12.4. The molecule has 0 saturated heterocycles. The number of likely N-dealkylation sites (N-methyl/N-ethyl adjacent to an activating group) is 1. The predicted molar refractivity (Wildman–Crippen MR) is 72.7 cm³/mol. The molecule has 0 fully saturated rings. The second kappa shape index (κ2) is 7.58. The highest BCUT2D eigenvalue weighted by Gasteiger charge is 2.13. The number of hydrogen-bond acceptors (Lipinski definition) is 3. The number of carboxylic acid groups (broad SMARTS) is 1. The molecule has 0 aliphatic heterocycles. The SMILES string of the molecule is CNC(CCSCc1ccccc1Cl)C(=O)O. The summed E-state index contributed by atoms with van der Waals surface area (Å²) in [6.45, 7) is 0. The summed E-state index contributed by atoms with van der Waals surface area (Å²) in [6.07, 6.45) is 0.612. The summed E-state index contributed by atoms with van der Waals surface area (Å²) in [7, 11) is 1.66.